The molecule has 0 bridgehead atoms. The lowest BCUT2D eigenvalue weighted by Gasteiger charge is -2.20. The van der Waals surface area contributed by atoms with Crippen molar-refractivity contribution in [2.45, 2.75) is 20.3 Å². The summed E-state index contributed by atoms with van der Waals surface area (Å²) in [5, 5.41) is 16.2. The molecule has 1 fully saturated rings. The zero-order valence-electron chi connectivity index (χ0n) is 12.4. The number of rotatable bonds is 2. The van der Waals surface area contributed by atoms with Crippen LogP contribution < -0.4 is 5.32 Å². The predicted molar refractivity (Wildman–Crippen MR) is 78.7 cm³/mol. The highest BCUT2D eigenvalue weighted by Crippen LogP contribution is 2.30. The van der Waals surface area contributed by atoms with Gasteiger partial charge in [0.1, 0.15) is 5.82 Å². The molecule has 3 heterocycles. The molecule has 2 N–H and O–H groups in total. The van der Waals surface area contributed by atoms with Crippen LogP contribution in [0.15, 0.2) is 18.3 Å². The molecule has 1 aliphatic rings. The van der Waals surface area contributed by atoms with Gasteiger partial charge in [0.15, 0.2) is 5.65 Å². The van der Waals surface area contributed by atoms with Crippen LogP contribution in [0.1, 0.15) is 19.2 Å². The lowest BCUT2D eigenvalue weighted by molar-refractivity contribution is -0.146. The van der Waals surface area contributed by atoms with Crippen molar-refractivity contribution in [2.24, 2.45) is 5.41 Å². The summed E-state index contributed by atoms with van der Waals surface area (Å²) >= 11 is 0. The molecule has 2 aromatic rings. The highest BCUT2D eigenvalue weighted by atomic mass is 16.4. The number of likely N-dealkylation sites (tertiary alicyclic amines) is 1. The first-order chi connectivity index (χ1) is 10.4. The molecule has 1 atom stereocenters. The average Bonchev–Trinajstić information content (AvgIpc) is 3.01. The fourth-order valence-corrected chi connectivity index (χ4v) is 2.58. The van der Waals surface area contributed by atoms with Gasteiger partial charge in [-0.15, -0.1) is 0 Å². The predicted octanol–water partition coefficient (Wildman–Crippen LogP) is 1.37. The Morgan fingerprint density at radius 3 is 2.86 bits per heavy atom. The molecule has 0 aromatic carbocycles. The summed E-state index contributed by atoms with van der Waals surface area (Å²) in [5.74, 6) is -0.220. The SMILES string of the molecule is Cc1nc2ccc(NC(=O)N3CCC(C)(C(=O)O)C3)cn2n1. The summed E-state index contributed by atoms with van der Waals surface area (Å²) in [7, 11) is 0. The number of aryl methyl sites for hydroxylation is 1. The van der Waals surface area contributed by atoms with Gasteiger partial charge < -0.3 is 15.3 Å². The maximum atomic E-state index is 12.2. The number of aliphatic carboxylic acids is 1. The number of urea groups is 1. The lowest BCUT2D eigenvalue weighted by Crippen LogP contribution is -2.37. The van der Waals surface area contributed by atoms with Gasteiger partial charge in [0.2, 0.25) is 0 Å². The third kappa shape index (κ3) is 2.47. The topological polar surface area (TPSA) is 99.8 Å². The van der Waals surface area contributed by atoms with E-state index >= 15 is 0 Å². The number of fused-ring (bicyclic) bond motifs is 1. The van der Waals surface area contributed by atoms with E-state index in [-0.39, 0.29) is 12.6 Å². The number of carboxylic acid groups (broad SMARTS) is 1. The Bertz CT molecular complexity index is 756. The van der Waals surface area contributed by atoms with Crippen LogP contribution in [-0.2, 0) is 4.79 Å². The zero-order chi connectivity index (χ0) is 15.9. The van der Waals surface area contributed by atoms with Crippen molar-refractivity contribution in [1.82, 2.24) is 19.5 Å². The Morgan fingerprint density at radius 2 is 2.18 bits per heavy atom. The van der Waals surface area contributed by atoms with Crippen LogP contribution in [-0.4, -0.2) is 49.7 Å². The van der Waals surface area contributed by atoms with Gasteiger partial charge in [-0.3, -0.25) is 4.79 Å². The number of carboxylic acids is 1. The molecule has 0 saturated carbocycles. The molecule has 2 aromatic heterocycles. The van der Waals surface area contributed by atoms with Crippen LogP contribution in [0.3, 0.4) is 0 Å². The van der Waals surface area contributed by atoms with Crippen molar-refractivity contribution in [1.29, 1.82) is 0 Å². The van der Waals surface area contributed by atoms with Crippen molar-refractivity contribution in [3.63, 3.8) is 0 Å². The number of pyridine rings is 1. The number of hydrogen-bond acceptors (Lipinski definition) is 4. The van der Waals surface area contributed by atoms with E-state index in [2.05, 4.69) is 15.4 Å². The minimum atomic E-state index is -0.873. The second kappa shape index (κ2) is 4.97. The summed E-state index contributed by atoms with van der Waals surface area (Å²) < 4.78 is 1.59. The van der Waals surface area contributed by atoms with Crippen molar-refractivity contribution in [2.75, 3.05) is 18.4 Å². The molecule has 8 nitrogen and oxygen atoms in total. The third-order valence-electron chi connectivity index (χ3n) is 3.97. The van der Waals surface area contributed by atoms with Crippen molar-refractivity contribution >= 4 is 23.3 Å². The third-order valence-corrected chi connectivity index (χ3v) is 3.97. The second-order valence-electron chi connectivity index (χ2n) is 5.85. The summed E-state index contributed by atoms with van der Waals surface area (Å²) in [4.78, 5) is 29.2. The molecule has 2 amide bonds. The van der Waals surface area contributed by atoms with E-state index in [0.29, 0.717) is 30.1 Å². The van der Waals surface area contributed by atoms with Crippen LogP contribution in [0.25, 0.3) is 5.65 Å². The average molecular weight is 303 g/mol. The van der Waals surface area contributed by atoms with Crippen molar-refractivity contribution in [3.8, 4) is 0 Å². The zero-order valence-corrected chi connectivity index (χ0v) is 12.4. The van der Waals surface area contributed by atoms with Crippen LogP contribution in [0, 0.1) is 12.3 Å². The Hall–Kier alpha value is -2.64. The molecule has 3 rings (SSSR count). The smallest absolute Gasteiger partial charge is 0.321 e. The van der Waals surface area contributed by atoms with Gasteiger partial charge in [0.05, 0.1) is 17.3 Å². The second-order valence-corrected chi connectivity index (χ2v) is 5.85. The molecular formula is C14H17N5O3. The summed E-state index contributed by atoms with van der Waals surface area (Å²) in [5.41, 5.74) is 0.422. The van der Waals surface area contributed by atoms with E-state index in [4.69, 9.17) is 0 Å². The molecule has 0 radical (unpaired) electrons. The van der Waals surface area contributed by atoms with E-state index in [0.717, 1.165) is 0 Å². The molecule has 1 aliphatic heterocycles. The van der Waals surface area contributed by atoms with E-state index in [9.17, 15) is 14.7 Å². The number of nitrogens with zero attached hydrogens (tertiary/aromatic N) is 4. The van der Waals surface area contributed by atoms with Crippen LogP contribution in [0.2, 0.25) is 0 Å². The molecule has 22 heavy (non-hydrogen) atoms. The van der Waals surface area contributed by atoms with Crippen molar-refractivity contribution in [3.05, 3.63) is 24.2 Å². The van der Waals surface area contributed by atoms with Gasteiger partial charge in [-0.2, -0.15) is 5.10 Å². The lowest BCUT2D eigenvalue weighted by atomic mass is 9.90. The van der Waals surface area contributed by atoms with E-state index < -0.39 is 11.4 Å². The fraction of sp³-hybridized carbons (Fsp3) is 0.429. The Kier molecular flexibility index (Phi) is 3.23. The molecule has 116 valence electrons. The van der Waals surface area contributed by atoms with Crippen LogP contribution in [0.4, 0.5) is 10.5 Å². The highest BCUT2D eigenvalue weighted by Gasteiger charge is 2.42. The van der Waals surface area contributed by atoms with Gasteiger partial charge >= 0.3 is 12.0 Å². The Labute approximate surface area is 126 Å². The minimum absolute atomic E-state index is 0.207. The number of hydrogen-bond donors (Lipinski definition) is 2. The number of amides is 2. The molecule has 0 spiro atoms. The summed E-state index contributed by atoms with van der Waals surface area (Å²) in [6.07, 6.45) is 2.14. The van der Waals surface area contributed by atoms with Crippen LogP contribution in [0.5, 0.6) is 0 Å². The number of nitrogens with one attached hydrogen (secondary N) is 1. The fourth-order valence-electron chi connectivity index (χ4n) is 2.58. The molecule has 0 aliphatic carbocycles. The standard InChI is InChI=1S/C14H17N5O3/c1-9-15-11-4-3-10(7-19(11)17-9)16-13(22)18-6-5-14(2,8-18)12(20)21/h3-4,7H,5-6,8H2,1-2H3,(H,16,22)(H,20,21). The number of anilines is 1. The van der Waals surface area contributed by atoms with Crippen LogP contribution >= 0.6 is 0 Å². The largest absolute Gasteiger partial charge is 0.481 e. The minimum Gasteiger partial charge on any atom is -0.481 e. The van der Waals surface area contributed by atoms with Gasteiger partial charge in [0, 0.05) is 13.1 Å². The first kappa shape index (κ1) is 14.3. The monoisotopic (exact) mass is 303 g/mol. The van der Waals surface area contributed by atoms with E-state index in [1.54, 1.807) is 36.7 Å². The quantitative estimate of drug-likeness (QED) is 0.872. The number of carbonyl (C=O) groups is 2. The van der Waals surface area contributed by atoms with Gasteiger partial charge in [-0.1, -0.05) is 0 Å². The maximum absolute atomic E-state index is 12.2. The normalized spacial score (nSPS) is 21.3. The highest BCUT2D eigenvalue weighted by molar-refractivity contribution is 5.90. The Morgan fingerprint density at radius 1 is 1.41 bits per heavy atom. The maximum Gasteiger partial charge on any atom is 0.321 e. The van der Waals surface area contributed by atoms with Crippen molar-refractivity contribution < 1.29 is 14.7 Å². The molecule has 1 saturated heterocycles. The first-order valence-electron chi connectivity index (χ1n) is 7.00. The van der Waals surface area contributed by atoms with E-state index in [1.807, 2.05) is 0 Å². The van der Waals surface area contributed by atoms with E-state index in [1.165, 1.54) is 4.90 Å². The van der Waals surface area contributed by atoms with Gasteiger partial charge in [0.25, 0.3) is 0 Å². The first-order valence-corrected chi connectivity index (χ1v) is 7.00. The summed E-state index contributed by atoms with van der Waals surface area (Å²) in [6, 6.07) is 3.20. The summed E-state index contributed by atoms with van der Waals surface area (Å²) in [6.45, 7) is 4.09. The molecular weight excluding hydrogens is 286 g/mol. The molecule has 8 heteroatoms. The van der Waals surface area contributed by atoms with Gasteiger partial charge in [-0.05, 0) is 32.4 Å². The molecule has 1 unspecified atom stereocenters. The number of carbonyl (C=O) groups excluding carboxylic acids is 1. The Balaban J connectivity index is 1.72. The van der Waals surface area contributed by atoms with Gasteiger partial charge in [-0.25, -0.2) is 14.3 Å². The number of aromatic nitrogens is 3.